The summed E-state index contributed by atoms with van der Waals surface area (Å²) in [6, 6.07) is 13.4. The Bertz CT molecular complexity index is 1350. The lowest BCUT2D eigenvalue weighted by atomic mass is 9.68. The minimum absolute atomic E-state index is 0.180. The largest absolute Gasteiger partial charge is 0.461 e. The van der Waals surface area contributed by atoms with Gasteiger partial charge in [0.2, 0.25) is 0 Å². The number of ether oxygens (including phenoxy) is 1. The highest BCUT2D eigenvalue weighted by molar-refractivity contribution is 5.71. The van der Waals surface area contributed by atoms with Gasteiger partial charge in [-0.05, 0) is 103 Å². The molecule has 0 unspecified atom stereocenters. The zero-order chi connectivity index (χ0) is 30.7. The molecule has 1 nitrogen and oxygen atoms in total. The van der Waals surface area contributed by atoms with E-state index in [0.29, 0.717) is 23.6 Å². The molecule has 8 heteroatoms. The SMILES string of the molecule is CCCC1CCC(C2CCC(c3ccc(-c4ccc(-c5cc(F)c(OC(F)(F)C(F)F)c(F)c5)c(F)c4)cc3)CC2)CC1. The van der Waals surface area contributed by atoms with Crippen LogP contribution in [0.25, 0.3) is 22.3 Å². The second-order valence-corrected chi connectivity index (χ2v) is 12.2. The highest BCUT2D eigenvalue weighted by atomic mass is 19.3. The number of halogens is 7. The number of benzene rings is 3. The summed E-state index contributed by atoms with van der Waals surface area (Å²) in [6.07, 6.45) is 3.73. The second-order valence-electron chi connectivity index (χ2n) is 12.2. The third-order valence-electron chi connectivity index (χ3n) is 9.51. The Balaban J connectivity index is 1.22. The average molecular weight is 607 g/mol. The molecule has 0 N–H and O–H groups in total. The van der Waals surface area contributed by atoms with Gasteiger partial charge in [-0.1, -0.05) is 69.0 Å². The first kappa shape index (κ1) is 31.4. The van der Waals surface area contributed by atoms with Gasteiger partial charge in [-0.25, -0.2) is 13.2 Å². The second kappa shape index (κ2) is 13.3. The van der Waals surface area contributed by atoms with Gasteiger partial charge in [0.1, 0.15) is 5.82 Å². The molecular weight excluding hydrogens is 569 g/mol. The fourth-order valence-corrected chi connectivity index (χ4v) is 7.15. The minimum atomic E-state index is -5.09. The lowest BCUT2D eigenvalue weighted by molar-refractivity contribution is -0.255. The Labute approximate surface area is 248 Å². The molecular formula is C35H37F7O. The van der Waals surface area contributed by atoms with E-state index in [1.165, 1.54) is 81.9 Å². The summed E-state index contributed by atoms with van der Waals surface area (Å²) in [7, 11) is 0. The molecule has 2 saturated carbocycles. The quantitative estimate of drug-likeness (QED) is 0.220. The van der Waals surface area contributed by atoms with E-state index in [-0.39, 0.29) is 11.1 Å². The van der Waals surface area contributed by atoms with Gasteiger partial charge >= 0.3 is 12.5 Å². The molecule has 0 aliphatic heterocycles. The fourth-order valence-electron chi connectivity index (χ4n) is 7.15. The Morgan fingerprint density at radius 1 is 0.698 bits per heavy atom. The van der Waals surface area contributed by atoms with Crippen LogP contribution >= 0.6 is 0 Å². The van der Waals surface area contributed by atoms with Crippen molar-refractivity contribution in [3.05, 3.63) is 77.6 Å². The van der Waals surface area contributed by atoms with E-state index in [9.17, 15) is 26.3 Å². The number of hydrogen-bond acceptors (Lipinski definition) is 1. The van der Waals surface area contributed by atoms with Crippen molar-refractivity contribution in [2.75, 3.05) is 0 Å². The molecule has 0 spiro atoms. The summed E-state index contributed by atoms with van der Waals surface area (Å²) in [5.41, 5.74) is 2.15. The van der Waals surface area contributed by atoms with Crippen molar-refractivity contribution in [2.45, 2.75) is 89.6 Å². The highest BCUT2D eigenvalue weighted by Crippen LogP contribution is 2.45. The molecule has 0 radical (unpaired) electrons. The van der Waals surface area contributed by atoms with Crippen molar-refractivity contribution < 1.29 is 35.5 Å². The predicted octanol–water partition coefficient (Wildman–Crippen LogP) is 11.6. The van der Waals surface area contributed by atoms with Crippen molar-refractivity contribution in [3.63, 3.8) is 0 Å². The van der Waals surface area contributed by atoms with Crippen LogP contribution in [0, 0.1) is 35.2 Å². The Hall–Kier alpha value is -3.03. The Morgan fingerprint density at radius 3 is 1.77 bits per heavy atom. The summed E-state index contributed by atoms with van der Waals surface area (Å²) in [6.45, 7) is 2.28. The van der Waals surface area contributed by atoms with Gasteiger partial charge in [0.15, 0.2) is 17.4 Å². The van der Waals surface area contributed by atoms with Gasteiger partial charge < -0.3 is 4.74 Å². The van der Waals surface area contributed by atoms with Crippen molar-refractivity contribution >= 4 is 0 Å². The molecule has 0 saturated heterocycles. The molecule has 0 amide bonds. The number of rotatable bonds is 9. The summed E-state index contributed by atoms with van der Waals surface area (Å²) in [4.78, 5) is 0. The molecule has 3 aromatic carbocycles. The van der Waals surface area contributed by atoms with Crippen LogP contribution in [0.1, 0.15) is 82.6 Å². The third-order valence-corrected chi connectivity index (χ3v) is 9.51. The first-order chi connectivity index (χ1) is 20.6. The predicted molar refractivity (Wildman–Crippen MR) is 154 cm³/mol. The van der Waals surface area contributed by atoms with Gasteiger partial charge in [0, 0.05) is 5.56 Å². The van der Waals surface area contributed by atoms with E-state index < -0.39 is 35.7 Å². The minimum Gasteiger partial charge on any atom is -0.422 e. The molecule has 5 rings (SSSR count). The normalized spacial score (nSPS) is 23.0. The molecule has 43 heavy (non-hydrogen) atoms. The van der Waals surface area contributed by atoms with E-state index in [0.717, 1.165) is 23.3 Å². The van der Waals surface area contributed by atoms with Crippen molar-refractivity contribution in [1.29, 1.82) is 0 Å². The fraction of sp³-hybridized carbons (Fsp3) is 0.486. The highest BCUT2D eigenvalue weighted by Gasteiger charge is 2.45. The third kappa shape index (κ3) is 7.21. The maximum absolute atomic E-state index is 15.1. The van der Waals surface area contributed by atoms with Crippen LogP contribution in [0.15, 0.2) is 54.6 Å². The van der Waals surface area contributed by atoms with Crippen LogP contribution in [0.3, 0.4) is 0 Å². The van der Waals surface area contributed by atoms with E-state index >= 15 is 4.39 Å². The van der Waals surface area contributed by atoms with Crippen molar-refractivity contribution in [2.24, 2.45) is 17.8 Å². The lowest BCUT2D eigenvalue weighted by Crippen LogP contribution is -2.34. The van der Waals surface area contributed by atoms with Crippen LogP contribution < -0.4 is 4.74 Å². The van der Waals surface area contributed by atoms with Crippen LogP contribution in [0.2, 0.25) is 0 Å². The first-order valence-electron chi connectivity index (χ1n) is 15.3. The number of alkyl halides is 4. The van der Waals surface area contributed by atoms with Crippen LogP contribution in [0.4, 0.5) is 30.7 Å². The topological polar surface area (TPSA) is 9.23 Å². The average Bonchev–Trinajstić information content (AvgIpc) is 2.99. The molecule has 3 aromatic rings. The number of hydrogen-bond donors (Lipinski definition) is 0. The smallest absolute Gasteiger partial charge is 0.422 e. The van der Waals surface area contributed by atoms with Gasteiger partial charge in [-0.15, -0.1) is 0 Å². The maximum atomic E-state index is 15.1. The van der Waals surface area contributed by atoms with Gasteiger partial charge in [0.25, 0.3) is 0 Å². The molecule has 2 aliphatic carbocycles. The maximum Gasteiger partial charge on any atom is 0.461 e. The Morgan fingerprint density at radius 2 is 1.23 bits per heavy atom. The van der Waals surface area contributed by atoms with Crippen LogP contribution in [-0.2, 0) is 0 Å². The van der Waals surface area contributed by atoms with E-state index in [4.69, 9.17) is 0 Å². The summed E-state index contributed by atoms with van der Waals surface area (Å²) < 4.78 is 98.5. The zero-order valence-corrected chi connectivity index (χ0v) is 24.2. The van der Waals surface area contributed by atoms with E-state index in [1.54, 1.807) is 6.07 Å². The van der Waals surface area contributed by atoms with Gasteiger partial charge in [-0.2, -0.15) is 17.6 Å². The zero-order valence-electron chi connectivity index (χ0n) is 24.2. The van der Waals surface area contributed by atoms with E-state index in [1.807, 2.05) is 12.1 Å². The van der Waals surface area contributed by atoms with Crippen molar-refractivity contribution in [1.82, 2.24) is 0 Å². The van der Waals surface area contributed by atoms with Gasteiger partial charge in [-0.3, -0.25) is 0 Å². The molecule has 232 valence electrons. The van der Waals surface area contributed by atoms with Crippen molar-refractivity contribution in [3.8, 4) is 28.0 Å². The molecule has 2 aliphatic rings. The summed E-state index contributed by atoms with van der Waals surface area (Å²) >= 11 is 0. The molecule has 0 atom stereocenters. The monoisotopic (exact) mass is 606 g/mol. The van der Waals surface area contributed by atoms with E-state index in [2.05, 4.69) is 23.8 Å². The summed E-state index contributed by atoms with van der Waals surface area (Å²) in [5, 5.41) is 0. The molecule has 0 bridgehead atoms. The Kier molecular flexibility index (Phi) is 9.72. The van der Waals surface area contributed by atoms with Gasteiger partial charge in [0.05, 0.1) is 0 Å². The first-order valence-corrected chi connectivity index (χ1v) is 15.3. The standard InChI is InChI=1S/C35H37F7O/c1-2-3-21-4-6-22(7-5-21)23-8-10-24(11-9-23)25-12-14-26(15-13-25)27-16-17-29(30(36)18-27)28-19-31(37)33(32(38)20-28)43-35(41,42)34(39)40/h12-24,34H,2-11H2,1H3. The summed E-state index contributed by atoms with van der Waals surface area (Å²) in [5.74, 6) is -2.58. The molecule has 0 heterocycles. The van der Waals surface area contributed by atoms with Crippen LogP contribution in [0.5, 0.6) is 5.75 Å². The molecule has 0 aromatic heterocycles. The molecule has 2 fully saturated rings. The lowest BCUT2D eigenvalue weighted by Gasteiger charge is -2.38. The van der Waals surface area contributed by atoms with Crippen LogP contribution in [-0.4, -0.2) is 12.5 Å².